The normalized spacial score (nSPS) is 16.7. The third-order valence-corrected chi connectivity index (χ3v) is 2.45. The highest BCUT2D eigenvalue weighted by molar-refractivity contribution is 8.03. The Balaban J connectivity index is 2.37. The summed E-state index contributed by atoms with van der Waals surface area (Å²) in [6.07, 6.45) is -3.85. The number of nitrogens with one attached hydrogen (secondary N) is 1. The lowest BCUT2D eigenvalue weighted by Crippen LogP contribution is -2.43. The summed E-state index contributed by atoms with van der Waals surface area (Å²) in [6, 6.07) is 4.14. The molecule has 0 unspecified atom stereocenters. The van der Waals surface area contributed by atoms with Crippen LogP contribution in [0.2, 0.25) is 0 Å². The minimum Gasteiger partial charge on any atom is -0.423 e. The Bertz CT molecular complexity index is 499. The summed E-state index contributed by atoms with van der Waals surface area (Å²) < 4.78 is 29.9. The average Bonchev–Trinajstić information content (AvgIpc) is 2.20. The van der Waals surface area contributed by atoms with Gasteiger partial charge in [0.1, 0.15) is 5.40 Å². The number of carbonyl (C=O) groups excluding carboxylic acids is 1. The number of benzene rings is 1. The van der Waals surface area contributed by atoms with Crippen molar-refractivity contribution in [2.75, 3.05) is 5.32 Å². The molecule has 0 saturated carbocycles. The van der Waals surface area contributed by atoms with Gasteiger partial charge in [-0.25, -0.2) is 0 Å². The Labute approximate surface area is 93.2 Å². The van der Waals surface area contributed by atoms with E-state index in [4.69, 9.17) is 5.26 Å². The number of rotatable bonds is 1. The molecule has 1 aromatic rings. The molecule has 0 bridgehead atoms. The summed E-state index contributed by atoms with van der Waals surface area (Å²) in [5.74, 6) is -1.63. The first-order valence-corrected chi connectivity index (χ1v) is 4.93. The molecule has 1 amide bonds. The molecule has 2 rings (SSSR count). The van der Waals surface area contributed by atoms with E-state index in [0.29, 0.717) is 4.90 Å². The lowest BCUT2D eigenvalue weighted by atomic mass is 10.2. The fourth-order valence-electron chi connectivity index (χ4n) is 1.19. The lowest BCUT2D eigenvalue weighted by Gasteiger charge is -2.24. The maximum absolute atomic E-state index is 12.8. The highest BCUT2D eigenvalue weighted by Crippen LogP contribution is 2.37. The van der Waals surface area contributed by atoms with Crippen LogP contribution in [0.5, 0.6) is 5.75 Å². The van der Waals surface area contributed by atoms with E-state index in [-0.39, 0.29) is 11.4 Å². The van der Waals surface area contributed by atoms with Gasteiger partial charge in [0.2, 0.25) is 0 Å². The number of nitrogens with zero attached hydrogens (tertiary/aromatic N) is 1. The number of thioether (sulfide) groups is 1. The second-order valence-electron chi connectivity index (χ2n) is 2.92. The van der Waals surface area contributed by atoms with Crippen LogP contribution in [0.15, 0.2) is 23.1 Å². The third kappa shape index (κ3) is 1.79. The monoisotopic (exact) mass is 242 g/mol. The number of carbonyl (C=O) groups is 1. The SMILES string of the molecule is N#CSc1ccc2c(c1)NC(=O)C(F)(F)O2. The van der Waals surface area contributed by atoms with Gasteiger partial charge in [0.25, 0.3) is 0 Å². The molecule has 7 heteroatoms. The van der Waals surface area contributed by atoms with E-state index in [0.717, 1.165) is 11.8 Å². The van der Waals surface area contributed by atoms with Gasteiger partial charge < -0.3 is 10.1 Å². The fraction of sp³-hybridized carbons (Fsp3) is 0.111. The maximum atomic E-state index is 12.8. The van der Waals surface area contributed by atoms with Gasteiger partial charge in [0.05, 0.1) is 5.69 Å². The Kier molecular flexibility index (Phi) is 2.44. The highest BCUT2D eigenvalue weighted by Gasteiger charge is 2.46. The molecule has 0 saturated heterocycles. The topological polar surface area (TPSA) is 62.1 Å². The smallest absolute Gasteiger partial charge is 0.423 e. The van der Waals surface area contributed by atoms with Crippen LogP contribution in [-0.4, -0.2) is 12.0 Å². The Morgan fingerprint density at radius 3 is 2.94 bits per heavy atom. The van der Waals surface area contributed by atoms with E-state index in [1.54, 1.807) is 0 Å². The van der Waals surface area contributed by atoms with Crippen molar-refractivity contribution in [3.63, 3.8) is 0 Å². The number of fused-ring (bicyclic) bond motifs is 1. The molecule has 16 heavy (non-hydrogen) atoms. The molecule has 0 atom stereocenters. The zero-order chi connectivity index (χ0) is 11.8. The second kappa shape index (κ2) is 3.64. The summed E-state index contributed by atoms with van der Waals surface area (Å²) in [6.45, 7) is 0. The maximum Gasteiger partial charge on any atom is 0.482 e. The van der Waals surface area contributed by atoms with Crippen LogP contribution in [0.1, 0.15) is 0 Å². The van der Waals surface area contributed by atoms with Crippen LogP contribution in [-0.2, 0) is 4.79 Å². The summed E-state index contributed by atoms with van der Waals surface area (Å²) in [4.78, 5) is 11.4. The van der Waals surface area contributed by atoms with Crippen LogP contribution < -0.4 is 10.1 Å². The number of thiocyanates is 1. The largest absolute Gasteiger partial charge is 0.482 e. The van der Waals surface area contributed by atoms with E-state index in [9.17, 15) is 13.6 Å². The van der Waals surface area contributed by atoms with Gasteiger partial charge in [-0.3, -0.25) is 4.79 Å². The summed E-state index contributed by atoms with van der Waals surface area (Å²) in [5.41, 5.74) is 0.135. The van der Waals surface area contributed by atoms with Gasteiger partial charge in [-0.05, 0) is 30.0 Å². The van der Waals surface area contributed by atoms with E-state index in [1.165, 1.54) is 18.2 Å². The van der Waals surface area contributed by atoms with Gasteiger partial charge in [-0.15, -0.1) is 0 Å². The van der Waals surface area contributed by atoms with Gasteiger partial charge in [0.15, 0.2) is 5.75 Å². The van der Waals surface area contributed by atoms with E-state index >= 15 is 0 Å². The summed E-state index contributed by atoms with van der Waals surface area (Å²) in [5, 5.41) is 12.3. The van der Waals surface area contributed by atoms with Crippen molar-refractivity contribution in [3.8, 4) is 11.2 Å². The first-order valence-electron chi connectivity index (χ1n) is 4.11. The van der Waals surface area contributed by atoms with Gasteiger partial charge in [-0.1, -0.05) is 0 Å². The first kappa shape index (κ1) is 10.7. The summed E-state index contributed by atoms with van der Waals surface area (Å²) in [7, 11) is 0. The van der Waals surface area contributed by atoms with E-state index < -0.39 is 12.0 Å². The molecule has 1 N–H and O–H groups in total. The quantitative estimate of drug-likeness (QED) is 0.605. The molecule has 0 aromatic heterocycles. The van der Waals surface area contributed by atoms with Crippen molar-refractivity contribution in [1.29, 1.82) is 5.26 Å². The molecule has 0 fully saturated rings. The lowest BCUT2D eigenvalue weighted by molar-refractivity contribution is -0.189. The molecule has 4 nitrogen and oxygen atoms in total. The van der Waals surface area contributed by atoms with Crippen molar-refractivity contribution < 1.29 is 18.3 Å². The Morgan fingerprint density at radius 2 is 2.25 bits per heavy atom. The fourth-order valence-corrected chi connectivity index (χ4v) is 1.61. The van der Waals surface area contributed by atoms with Crippen LogP contribution in [0, 0.1) is 10.7 Å². The molecule has 0 radical (unpaired) electrons. The van der Waals surface area contributed by atoms with E-state index in [1.807, 2.05) is 10.7 Å². The Hall–Kier alpha value is -1.81. The molecule has 82 valence electrons. The van der Waals surface area contributed by atoms with Crippen LogP contribution in [0.25, 0.3) is 0 Å². The molecular weight excluding hydrogens is 238 g/mol. The van der Waals surface area contributed by atoms with Crippen molar-refractivity contribution in [3.05, 3.63) is 18.2 Å². The standard InChI is InChI=1S/C9H4F2N2O2S/c10-9(11)8(14)13-6-3-5(16-4-12)1-2-7(6)15-9/h1-3H,(H,13,14). The van der Waals surface area contributed by atoms with E-state index in [2.05, 4.69) is 4.74 Å². The predicted molar refractivity (Wildman–Crippen MR) is 52.1 cm³/mol. The van der Waals surface area contributed by atoms with Crippen molar-refractivity contribution in [1.82, 2.24) is 0 Å². The minimum atomic E-state index is -3.85. The number of hydrogen-bond acceptors (Lipinski definition) is 4. The van der Waals surface area contributed by atoms with Crippen molar-refractivity contribution >= 4 is 23.4 Å². The van der Waals surface area contributed by atoms with Crippen molar-refractivity contribution in [2.24, 2.45) is 0 Å². The molecule has 1 aliphatic rings. The molecule has 1 aliphatic heterocycles. The zero-order valence-corrected chi connectivity index (χ0v) is 8.48. The van der Waals surface area contributed by atoms with Crippen molar-refractivity contribution in [2.45, 2.75) is 11.0 Å². The number of halogens is 2. The molecule has 0 aliphatic carbocycles. The number of nitriles is 1. The number of ether oxygens (including phenoxy) is 1. The van der Waals surface area contributed by atoms with Crippen LogP contribution in [0.4, 0.5) is 14.5 Å². The number of hydrogen-bond donors (Lipinski definition) is 1. The van der Waals surface area contributed by atoms with Crippen LogP contribution >= 0.6 is 11.8 Å². The number of alkyl halides is 2. The number of anilines is 1. The summed E-state index contributed by atoms with van der Waals surface area (Å²) >= 11 is 0.860. The first-order chi connectivity index (χ1) is 7.53. The molecule has 1 aromatic carbocycles. The minimum absolute atomic E-state index is 0.119. The predicted octanol–water partition coefficient (Wildman–Crippen LogP) is 2.18. The highest BCUT2D eigenvalue weighted by atomic mass is 32.2. The zero-order valence-electron chi connectivity index (χ0n) is 7.66. The third-order valence-electron chi connectivity index (χ3n) is 1.87. The molecule has 0 spiro atoms. The molecule has 1 heterocycles. The number of amides is 1. The second-order valence-corrected chi connectivity index (χ2v) is 3.78. The molecular formula is C9H4F2N2O2S. The van der Waals surface area contributed by atoms with Gasteiger partial charge in [0, 0.05) is 4.90 Å². The Morgan fingerprint density at radius 1 is 1.50 bits per heavy atom. The van der Waals surface area contributed by atoms with Crippen LogP contribution in [0.3, 0.4) is 0 Å². The van der Waals surface area contributed by atoms with Gasteiger partial charge >= 0.3 is 12.0 Å². The average molecular weight is 242 g/mol. The van der Waals surface area contributed by atoms with Gasteiger partial charge in [-0.2, -0.15) is 14.0 Å².